The van der Waals surface area contributed by atoms with Crippen LogP contribution in [0.1, 0.15) is 32.0 Å². The number of hydrogen-bond donors (Lipinski definition) is 2. The highest BCUT2D eigenvalue weighted by molar-refractivity contribution is 5.34. The maximum Gasteiger partial charge on any atom is 0.252 e. The fourth-order valence-corrected chi connectivity index (χ4v) is 2.39. The van der Waals surface area contributed by atoms with Crippen molar-refractivity contribution >= 4 is 5.82 Å². The van der Waals surface area contributed by atoms with E-state index >= 15 is 0 Å². The Morgan fingerprint density at radius 1 is 1.50 bits per heavy atom. The second kappa shape index (κ2) is 5.10. The van der Waals surface area contributed by atoms with Crippen molar-refractivity contribution in [1.82, 2.24) is 14.9 Å². The average Bonchev–Trinajstić information content (AvgIpc) is 2.26. The van der Waals surface area contributed by atoms with Crippen molar-refractivity contribution in [2.75, 3.05) is 26.0 Å². The van der Waals surface area contributed by atoms with E-state index in [-0.39, 0.29) is 11.1 Å². The molecule has 1 aliphatic rings. The lowest BCUT2D eigenvalue weighted by atomic mass is 9.75. The second-order valence-electron chi connectivity index (χ2n) is 5.26. The zero-order chi connectivity index (χ0) is 13.2. The van der Waals surface area contributed by atoms with Crippen LogP contribution in [0.3, 0.4) is 0 Å². The molecule has 5 nitrogen and oxygen atoms in total. The van der Waals surface area contributed by atoms with Crippen molar-refractivity contribution in [1.29, 1.82) is 0 Å². The Morgan fingerprint density at radius 2 is 2.22 bits per heavy atom. The van der Waals surface area contributed by atoms with Crippen LogP contribution in [0, 0.1) is 0 Å². The fourth-order valence-electron chi connectivity index (χ4n) is 2.39. The number of likely N-dealkylation sites (N-methyl/N-ethyl adjacent to an activating group) is 1. The smallest absolute Gasteiger partial charge is 0.252 e. The maximum atomic E-state index is 11.5. The van der Waals surface area contributed by atoms with Crippen molar-refractivity contribution in [3.8, 4) is 0 Å². The first-order valence-corrected chi connectivity index (χ1v) is 6.57. The predicted octanol–water partition coefficient (Wildman–Crippen LogP) is 1.23. The third-order valence-corrected chi connectivity index (χ3v) is 3.96. The summed E-state index contributed by atoms with van der Waals surface area (Å²) in [7, 11) is 4.23. The lowest BCUT2D eigenvalue weighted by Gasteiger charge is -2.47. The van der Waals surface area contributed by atoms with Crippen LogP contribution in [0.15, 0.2) is 10.9 Å². The van der Waals surface area contributed by atoms with E-state index in [9.17, 15) is 4.79 Å². The van der Waals surface area contributed by atoms with E-state index < -0.39 is 0 Å². The number of rotatable bonds is 5. The van der Waals surface area contributed by atoms with Crippen LogP contribution in [-0.2, 0) is 6.42 Å². The summed E-state index contributed by atoms with van der Waals surface area (Å²) in [5, 5.41) is 3.31. The van der Waals surface area contributed by atoms with Crippen molar-refractivity contribution in [2.24, 2.45) is 0 Å². The summed E-state index contributed by atoms with van der Waals surface area (Å²) < 4.78 is 0. The van der Waals surface area contributed by atoms with Crippen molar-refractivity contribution in [2.45, 2.75) is 38.1 Å². The molecule has 1 aromatic rings. The highest BCUT2D eigenvalue weighted by Crippen LogP contribution is 2.35. The molecular weight excluding hydrogens is 228 g/mol. The van der Waals surface area contributed by atoms with E-state index in [1.807, 2.05) is 6.92 Å². The molecule has 5 heteroatoms. The Hall–Kier alpha value is -1.36. The monoisotopic (exact) mass is 250 g/mol. The lowest BCUT2D eigenvalue weighted by Crippen LogP contribution is -2.54. The van der Waals surface area contributed by atoms with Gasteiger partial charge in [0.15, 0.2) is 0 Å². The fraction of sp³-hybridized carbons (Fsp3) is 0.692. The molecule has 0 unspecified atom stereocenters. The van der Waals surface area contributed by atoms with Gasteiger partial charge < -0.3 is 15.2 Å². The van der Waals surface area contributed by atoms with Gasteiger partial charge in [0.1, 0.15) is 11.6 Å². The molecule has 1 aliphatic carbocycles. The predicted molar refractivity (Wildman–Crippen MR) is 73.0 cm³/mol. The third kappa shape index (κ3) is 2.56. The first kappa shape index (κ1) is 13.1. The van der Waals surface area contributed by atoms with Gasteiger partial charge in [-0.05, 0) is 33.4 Å². The molecule has 0 aromatic carbocycles. The van der Waals surface area contributed by atoms with Gasteiger partial charge in [-0.25, -0.2) is 4.98 Å². The van der Waals surface area contributed by atoms with Crippen molar-refractivity contribution in [3.63, 3.8) is 0 Å². The van der Waals surface area contributed by atoms with E-state index in [4.69, 9.17) is 0 Å². The molecule has 0 radical (unpaired) electrons. The van der Waals surface area contributed by atoms with Crippen LogP contribution in [0.25, 0.3) is 0 Å². The van der Waals surface area contributed by atoms with Gasteiger partial charge in [-0.1, -0.05) is 6.92 Å². The zero-order valence-electron chi connectivity index (χ0n) is 11.4. The highest BCUT2D eigenvalue weighted by Gasteiger charge is 2.38. The van der Waals surface area contributed by atoms with E-state index in [0.717, 1.165) is 18.8 Å². The summed E-state index contributed by atoms with van der Waals surface area (Å²) >= 11 is 0. The number of aryl methyl sites for hydroxylation is 1. The van der Waals surface area contributed by atoms with Crippen molar-refractivity contribution in [3.05, 3.63) is 22.2 Å². The summed E-state index contributed by atoms with van der Waals surface area (Å²) in [4.78, 5) is 20.9. The molecule has 18 heavy (non-hydrogen) atoms. The standard InChI is InChI=1S/C13H22N4O/c1-4-10-15-11(8-12(18)16-10)14-9-13(17(2)3)6-5-7-13/h8H,4-7,9H2,1-3H3,(H2,14,15,16,18). The van der Waals surface area contributed by atoms with Gasteiger partial charge in [0.2, 0.25) is 0 Å². The molecule has 0 bridgehead atoms. The van der Waals surface area contributed by atoms with Gasteiger partial charge in [0, 0.05) is 24.6 Å². The molecule has 0 amide bonds. The molecular formula is C13H22N4O. The number of H-pyrrole nitrogens is 1. The van der Waals surface area contributed by atoms with Gasteiger partial charge in [-0.3, -0.25) is 4.79 Å². The molecule has 2 rings (SSSR count). The normalized spacial score (nSPS) is 17.6. The number of hydrogen-bond acceptors (Lipinski definition) is 4. The van der Waals surface area contributed by atoms with Gasteiger partial charge in [0.05, 0.1) is 0 Å². The highest BCUT2D eigenvalue weighted by atomic mass is 16.1. The molecule has 1 heterocycles. The molecule has 2 N–H and O–H groups in total. The van der Waals surface area contributed by atoms with Crippen LogP contribution in [0.5, 0.6) is 0 Å². The number of nitrogens with zero attached hydrogens (tertiary/aromatic N) is 2. The van der Waals surface area contributed by atoms with Crippen molar-refractivity contribution < 1.29 is 0 Å². The molecule has 1 aromatic heterocycles. The number of anilines is 1. The van der Waals surface area contributed by atoms with Gasteiger partial charge in [0.25, 0.3) is 5.56 Å². The van der Waals surface area contributed by atoms with Gasteiger partial charge >= 0.3 is 0 Å². The summed E-state index contributed by atoms with van der Waals surface area (Å²) in [6.07, 6.45) is 4.43. The Balaban J connectivity index is 2.06. The maximum absolute atomic E-state index is 11.5. The molecule has 100 valence electrons. The van der Waals surface area contributed by atoms with E-state index in [0.29, 0.717) is 5.82 Å². The molecule has 0 spiro atoms. The second-order valence-corrected chi connectivity index (χ2v) is 5.26. The van der Waals surface area contributed by atoms with E-state index in [1.54, 1.807) is 0 Å². The number of nitrogens with one attached hydrogen (secondary N) is 2. The van der Waals surface area contributed by atoms with Crippen LogP contribution in [0.2, 0.25) is 0 Å². The molecule has 0 atom stereocenters. The van der Waals surface area contributed by atoms with Crippen LogP contribution in [0.4, 0.5) is 5.82 Å². The Kier molecular flexibility index (Phi) is 3.71. The first-order chi connectivity index (χ1) is 8.55. The Bertz CT molecular complexity index is 462. The molecule has 0 aliphatic heterocycles. The topological polar surface area (TPSA) is 61.0 Å². The van der Waals surface area contributed by atoms with E-state index in [2.05, 4.69) is 34.3 Å². The molecule has 1 fully saturated rings. The number of aromatic amines is 1. The largest absolute Gasteiger partial charge is 0.368 e. The zero-order valence-corrected chi connectivity index (χ0v) is 11.4. The minimum absolute atomic E-state index is 0.0862. The number of aromatic nitrogens is 2. The minimum Gasteiger partial charge on any atom is -0.368 e. The quantitative estimate of drug-likeness (QED) is 0.825. The molecule has 0 saturated heterocycles. The van der Waals surface area contributed by atoms with E-state index in [1.165, 1.54) is 25.3 Å². The van der Waals surface area contributed by atoms with Crippen LogP contribution < -0.4 is 10.9 Å². The summed E-state index contributed by atoms with van der Waals surface area (Å²) in [5.41, 5.74) is 0.147. The van der Waals surface area contributed by atoms with Gasteiger partial charge in [-0.15, -0.1) is 0 Å². The lowest BCUT2D eigenvalue weighted by molar-refractivity contribution is 0.0738. The first-order valence-electron chi connectivity index (χ1n) is 6.57. The Morgan fingerprint density at radius 3 is 2.72 bits per heavy atom. The SMILES string of the molecule is CCc1nc(NCC2(N(C)C)CCC2)cc(=O)[nH]1. The summed E-state index contributed by atoms with van der Waals surface area (Å²) in [6, 6.07) is 1.53. The summed E-state index contributed by atoms with van der Waals surface area (Å²) in [6.45, 7) is 2.83. The Labute approximate surface area is 108 Å². The van der Waals surface area contributed by atoms with Gasteiger partial charge in [-0.2, -0.15) is 0 Å². The summed E-state index contributed by atoms with van der Waals surface area (Å²) in [5.74, 6) is 1.42. The van der Waals surface area contributed by atoms with Crippen LogP contribution >= 0.6 is 0 Å². The third-order valence-electron chi connectivity index (χ3n) is 3.96. The molecule has 1 saturated carbocycles. The average molecular weight is 250 g/mol. The minimum atomic E-state index is -0.0862. The van der Waals surface area contributed by atoms with Crippen LogP contribution in [-0.4, -0.2) is 41.0 Å².